The average molecular weight is 252 g/mol. The Kier molecular flexibility index (Phi) is 4.68. The highest BCUT2D eigenvalue weighted by atomic mass is 127. The summed E-state index contributed by atoms with van der Waals surface area (Å²) in [6.07, 6.45) is 7.15. The van der Waals surface area contributed by atoms with Gasteiger partial charge < -0.3 is 24.0 Å². The minimum Gasteiger partial charge on any atom is -1.00 e. The molecule has 2 nitrogen and oxygen atoms in total. The number of halogens is 1. The number of aromatic nitrogens is 2. The van der Waals surface area contributed by atoms with Crippen LogP contribution in [0.15, 0.2) is 18.7 Å². The molecule has 1 aromatic rings. The third-order valence-electron chi connectivity index (χ3n) is 1.67. The number of hydrogen-bond donors (Lipinski definition) is 1. The maximum atomic E-state index is 3.01. The Morgan fingerprint density at radius 2 is 2.30 bits per heavy atom. The van der Waals surface area contributed by atoms with E-state index in [1.807, 2.05) is 18.7 Å². The second-order valence-electron chi connectivity index (χ2n) is 2.32. The Balaban J connectivity index is 0.000000810. The molecule has 0 fully saturated rings. The van der Waals surface area contributed by atoms with E-state index in [0.29, 0.717) is 6.04 Å². The molecule has 0 aliphatic heterocycles. The predicted molar refractivity (Wildman–Crippen MR) is 36.0 cm³/mol. The van der Waals surface area contributed by atoms with Gasteiger partial charge in [-0.3, -0.25) is 4.98 Å². The summed E-state index contributed by atoms with van der Waals surface area (Å²) in [6, 6.07) is 0.622. The van der Waals surface area contributed by atoms with E-state index in [0.717, 1.165) is 0 Å². The van der Waals surface area contributed by atoms with E-state index >= 15 is 0 Å². The third-order valence-corrected chi connectivity index (χ3v) is 1.67. The summed E-state index contributed by atoms with van der Waals surface area (Å²) in [6.45, 7) is 4.39. The van der Waals surface area contributed by atoms with E-state index in [-0.39, 0.29) is 24.0 Å². The second kappa shape index (κ2) is 4.71. The van der Waals surface area contributed by atoms with Gasteiger partial charge in [-0.25, -0.2) is 4.57 Å². The summed E-state index contributed by atoms with van der Waals surface area (Å²) < 4.78 is 2.17. The van der Waals surface area contributed by atoms with Gasteiger partial charge in [-0.15, -0.1) is 0 Å². The summed E-state index contributed by atoms with van der Waals surface area (Å²) in [5.74, 6) is 0. The highest BCUT2D eigenvalue weighted by molar-refractivity contribution is 4.57. The van der Waals surface area contributed by atoms with Crippen LogP contribution < -0.4 is 28.5 Å². The van der Waals surface area contributed by atoms with Crippen LogP contribution in [0.25, 0.3) is 0 Å². The average Bonchev–Trinajstić information content (AvgIpc) is 2.37. The molecule has 0 aromatic carbocycles. The molecule has 0 saturated heterocycles. The third kappa shape index (κ3) is 2.28. The van der Waals surface area contributed by atoms with Crippen LogP contribution in [-0.4, -0.2) is 4.98 Å². The molecule has 10 heavy (non-hydrogen) atoms. The molecule has 0 aliphatic carbocycles. The molecule has 1 unspecified atom stereocenters. The molecule has 1 rings (SSSR count). The number of aromatic amines is 1. The van der Waals surface area contributed by atoms with Gasteiger partial charge in [0, 0.05) is 0 Å². The minimum atomic E-state index is 0. The van der Waals surface area contributed by atoms with E-state index in [1.165, 1.54) is 6.42 Å². The van der Waals surface area contributed by atoms with Crippen LogP contribution in [0.1, 0.15) is 26.3 Å². The number of nitrogens with zero attached hydrogens (tertiary/aromatic N) is 1. The van der Waals surface area contributed by atoms with Gasteiger partial charge in [-0.05, 0) is 13.3 Å². The molecule has 0 aliphatic rings. The van der Waals surface area contributed by atoms with E-state index in [4.69, 9.17) is 0 Å². The number of nitrogens with one attached hydrogen (secondary N) is 1. The fraction of sp³-hybridized carbons (Fsp3) is 0.571. The van der Waals surface area contributed by atoms with Gasteiger partial charge in [0.15, 0.2) is 0 Å². The zero-order valence-electron chi connectivity index (χ0n) is 6.34. The Morgan fingerprint density at radius 1 is 1.60 bits per heavy atom. The van der Waals surface area contributed by atoms with Crippen molar-refractivity contribution in [2.75, 3.05) is 0 Å². The van der Waals surface area contributed by atoms with Crippen LogP contribution in [0.2, 0.25) is 0 Å². The van der Waals surface area contributed by atoms with Gasteiger partial charge in [0.2, 0.25) is 6.33 Å². The molecule has 1 N–H and O–H groups in total. The Labute approximate surface area is 78.7 Å². The van der Waals surface area contributed by atoms with Crippen LogP contribution in [0.3, 0.4) is 0 Å². The zero-order chi connectivity index (χ0) is 6.69. The molecular formula is C7H13IN2. The molecule has 0 saturated carbocycles. The predicted octanol–water partition coefficient (Wildman–Crippen LogP) is -1.72. The quantitative estimate of drug-likeness (QED) is 0.477. The summed E-state index contributed by atoms with van der Waals surface area (Å²) in [5, 5.41) is 0. The van der Waals surface area contributed by atoms with E-state index in [2.05, 4.69) is 23.4 Å². The molecule has 3 heteroatoms. The lowest BCUT2D eigenvalue weighted by Gasteiger charge is -2.00. The first kappa shape index (κ1) is 9.94. The molecule has 0 spiro atoms. The first-order chi connectivity index (χ1) is 4.34. The lowest BCUT2D eigenvalue weighted by Crippen LogP contribution is -3.00. The number of imidazole rings is 1. The lowest BCUT2D eigenvalue weighted by atomic mass is 10.3. The molecule has 1 atom stereocenters. The van der Waals surface area contributed by atoms with Crippen molar-refractivity contribution in [3.8, 4) is 0 Å². The molecule has 58 valence electrons. The van der Waals surface area contributed by atoms with Crippen molar-refractivity contribution in [3.05, 3.63) is 18.7 Å². The van der Waals surface area contributed by atoms with E-state index < -0.39 is 0 Å². The molecule has 0 amide bonds. The lowest BCUT2D eigenvalue weighted by molar-refractivity contribution is -0.718. The van der Waals surface area contributed by atoms with Crippen molar-refractivity contribution >= 4 is 0 Å². The summed E-state index contributed by atoms with van der Waals surface area (Å²) in [4.78, 5) is 3.01. The van der Waals surface area contributed by atoms with Gasteiger partial charge in [0.1, 0.15) is 12.4 Å². The molecule has 1 aromatic heterocycles. The fourth-order valence-corrected chi connectivity index (χ4v) is 0.786. The first-order valence-corrected chi connectivity index (χ1v) is 3.38. The number of H-pyrrole nitrogens is 1. The van der Waals surface area contributed by atoms with Crippen LogP contribution in [0.5, 0.6) is 0 Å². The van der Waals surface area contributed by atoms with E-state index in [9.17, 15) is 0 Å². The Hall–Kier alpha value is -0.0600. The van der Waals surface area contributed by atoms with Gasteiger partial charge in [0.05, 0.1) is 6.04 Å². The number of rotatable bonds is 2. The SMILES string of the molecule is CCC(C)[n+]1cc[nH]c1.[I-]. The van der Waals surface area contributed by atoms with Crippen molar-refractivity contribution in [1.82, 2.24) is 4.98 Å². The zero-order valence-corrected chi connectivity index (χ0v) is 8.50. The molecular weight excluding hydrogens is 239 g/mol. The van der Waals surface area contributed by atoms with Crippen LogP contribution in [-0.2, 0) is 0 Å². The van der Waals surface area contributed by atoms with Gasteiger partial charge >= 0.3 is 0 Å². The van der Waals surface area contributed by atoms with Crippen LogP contribution in [0.4, 0.5) is 0 Å². The molecule has 1 heterocycles. The Morgan fingerprint density at radius 3 is 2.70 bits per heavy atom. The van der Waals surface area contributed by atoms with Crippen LogP contribution >= 0.6 is 0 Å². The van der Waals surface area contributed by atoms with Crippen molar-refractivity contribution < 1.29 is 28.5 Å². The topological polar surface area (TPSA) is 19.7 Å². The minimum absolute atomic E-state index is 0. The van der Waals surface area contributed by atoms with Gasteiger partial charge in [0.25, 0.3) is 0 Å². The van der Waals surface area contributed by atoms with Gasteiger partial charge in [-0.1, -0.05) is 6.92 Å². The first-order valence-electron chi connectivity index (χ1n) is 3.38. The monoisotopic (exact) mass is 252 g/mol. The van der Waals surface area contributed by atoms with Crippen molar-refractivity contribution in [2.24, 2.45) is 0 Å². The highest BCUT2D eigenvalue weighted by Crippen LogP contribution is 1.96. The summed E-state index contributed by atoms with van der Waals surface area (Å²) >= 11 is 0. The van der Waals surface area contributed by atoms with E-state index in [1.54, 1.807) is 0 Å². The smallest absolute Gasteiger partial charge is 0.241 e. The van der Waals surface area contributed by atoms with Crippen molar-refractivity contribution in [2.45, 2.75) is 26.3 Å². The molecule has 0 bridgehead atoms. The maximum absolute atomic E-state index is 3.01. The van der Waals surface area contributed by atoms with Crippen molar-refractivity contribution in [3.63, 3.8) is 0 Å². The second-order valence-corrected chi connectivity index (χ2v) is 2.32. The number of hydrogen-bond acceptors (Lipinski definition) is 0. The highest BCUT2D eigenvalue weighted by Gasteiger charge is 2.03. The maximum Gasteiger partial charge on any atom is 0.241 e. The van der Waals surface area contributed by atoms with Crippen molar-refractivity contribution in [1.29, 1.82) is 0 Å². The normalized spacial score (nSPS) is 12.2. The largest absolute Gasteiger partial charge is 1.00 e. The standard InChI is InChI=1S/C7H12N2.HI/c1-3-7(2)9-5-4-8-6-9;/h4-7H,3H2,1-2H3;1H. The summed E-state index contributed by atoms with van der Waals surface area (Å²) in [5.41, 5.74) is 0. The van der Waals surface area contributed by atoms with Crippen LogP contribution in [0, 0.1) is 0 Å². The Bertz CT molecular complexity index is 160. The van der Waals surface area contributed by atoms with Gasteiger partial charge in [-0.2, -0.15) is 0 Å². The fourth-order valence-electron chi connectivity index (χ4n) is 0.786. The summed E-state index contributed by atoms with van der Waals surface area (Å²) in [7, 11) is 0. The molecule has 0 radical (unpaired) electrons.